The van der Waals surface area contributed by atoms with Gasteiger partial charge in [-0.3, -0.25) is 19.6 Å². The van der Waals surface area contributed by atoms with Gasteiger partial charge in [0.2, 0.25) is 0 Å². The van der Waals surface area contributed by atoms with Gasteiger partial charge in [0, 0.05) is 17.5 Å². The zero-order valence-electron chi connectivity index (χ0n) is 29.3. The third kappa shape index (κ3) is 7.81. The van der Waals surface area contributed by atoms with Crippen molar-refractivity contribution in [3.8, 4) is 28.3 Å². The molecule has 0 N–H and O–H groups in total. The molecule has 6 nitrogen and oxygen atoms in total. The molecule has 0 aliphatic rings. The van der Waals surface area contributed by atoms with Crippen LogP contribution in [0.15, 0.2) is 152 Å². The van der Waals surface area contributed by atoms with Gasteiger partial charge in [0.1, 0.15) is 11.2 Å². The number of carbonyl (C=O) groups excluding carboxylic acids is 2. The van der Waals surface area contributed by atoms with E-state index in [-0.39, 0.29) is 19.0 Å². The maximum atomic E-state index is 12.8. The molecule has 0 fully saturated rings. The van der Waals surface area contributed by atoms with E-state index in [1.807, 2.05) is 124 Å². The maximum absolute atomic E-state index is 12.8. The SMILES string of the molecule is CCC(C)(C)C(=O)OCCCC(=O)Oc1ccc(C(c2ccccc2)(c2cccc(-c3ccccc3)n2)c2cccc(-c3ccccc3)n2)cc1. The van der Waals surface area contributed by atoms with Gasteiger partial charge in [-0.05, 0) is 74.2 Å². The summed E-state index contributed by atoms with van der Waals surface area (Å²) in [5.74, 6) is -0.229. The molecule has 6 aromatic rings. The molecule has 2 heterocycles. The first-order valence-corrected chi connectivity index (χ1v) is 17.4. The molecular formula is C45H42N2O4. The van der Waals surface area contributed by atoms with E-state index in [4.69, 9.17) is 19.4 Å². The summed E-state index contributed by atoms with van der Waals surface area (Å²) in [7, 11) is 0. The Hall–Kier alpha value is -5.88. The van der Waals surface area contributed by atoms with Gasteiger partial charge in [0.25, 0.3) is 0 Å². The molecule has 0 aliphatic heterocycles. The monoisotopic (exact) mass is 674 g/mol. The van der Waals surface area contributed by atoms with Crippen LogP contribution in [0, 0.1) is 5.41 Å². The van der Waals surface area contributed by atoms with Crippen molar-refractivity contribution in [1.29, 1.82) is 0 Å². The van der Waals surface area contributed by atoms with Crippen LogP contribution in [0.3, 0.4) is 0 Å². The molecule has 6 heteroatoms. The molecule has 4 aromatic carbocycles. The number of hydrogen-bond donors (Lipinski definition) is 0. The average Bonchev–Trinajstić information content (AvgIpc) is 3.18. The Morgan fingerprint density at radius 2 is 1.08 bits per heavy atom. The van der Waals surface area contributed by atoms with Crippen LogP contribution in [0.1, 0.15) is 62.5 Å². The number of esters is 2. The highest BCUT2D eigenvalue weighted by molar-refractivity contribution is 5.76. The first-order valence-electron chi connectivity index (χ1n) is 17.4. The highest BCUT2D eigenvalue weighted by Gasteiger charge is 2.41. The number of carbonyl (C=O) groups is 2. The summed E-state index contributed by atoms with van der Waals surface area (Å²) in [5.41, 5.74) is 5.75. The zero-order chi connectivity index (χ0) is 35.7. The Labute approximate surface area is 300 Å². The lowest BCUT2D eigenvalue weighted by atomic mass is 9.69. The highest BCUT2D eigenvalue weighted by atomic mass is 16.5. The molecule has 6 rings (SSSR count). The highest BCUT2D eigenvalue weighted by Crippen LogP contribution is 2.45. The van der Waals surface area contributed by atoms with E-state index >= 15 is 0 Å². The molecule has 0 aliphatic carbocycles. The molecule has 0 unspecified atom stereocenters. The van der Waals surface area contributed by atoms with Crippen molar-refractivity contribution >= 4 is 11.9 Å². The van der Waals surface area contributed by atoms with Crippen molar-refractivity contribution in [1.82, 2.24) is 9.97 Å². The van der Waals surface area contributed by atoms with Crippen LogP contribution >= 0.6 is 0 Å². The van der Waals surface area contributed by atoms with Crippen molar-refractivity contribution in [3.63, 3.8) is 0 Å². The molecule has 0 saturated heterocycles. The number of aromatic nitrogens is 2. The fourth-order valence-electron chi connectivity index (χ4n) is 6.08. The van der Waals surface area contributed by atoms with Crippen LogP contribution < -0.4 is 4.74 Å². The second-order valence-corrected chi connectivity index (χ2v) is 13.1. The topological polar surface area (TPSA) is 78.4 Å². The third-order valence-corrected chi connectivity index (χ3v) is 9.33. The normalized spacial score (nSPS) is 11.5. The van der Waals surface area contributed by atoms with Crippen LogP contribution in [0.25, 0.3) is 22.5 Å². The fraction of sp³-hybridized carbons (Fsp3) is 0.200. The molecule has 0 saturated carbocycles. The van der Waals surface area contributed by atoms with E-state index in [1.165, 1.54) is 0 Å². The van der Waals surface area contributed by atoms with Gasteiger partial charge in [-0.15, -0.1) is 0 Å². The van der Waals surface area contributed by atoms with Gasteiger partial charge in [-0.2, -0.15) is 0 Å². The van der Waals surface area contributed by atoms with E-state index in [1.54, 1.807) is 0 Å². The Bertz CT molecular complexity index is 1980. The summed E-state index contributed by atoms with van der Waals surface area (Å²) >= 11 is 0. The van der Waals surface area contributed by atoms with Gasteiger partial charge < -0.3 is 9.47 Å². The molecule has 0 spiro atoms. The smallest absolute Gasteiger partial charge is 0.311 e. The number of benzene rings is 4. The number of hydrogen-bond acceptors (Lipinski definition) is 6. The van der Waals surface area contributed by atoms with Crippen molar-refractivity contribution in [2.75, 3.05) is 6.61 Å². The Morgan fingerprint density at radius 3 is 1.59 bits per heavy atom. The van der Waals surface area contributed by atoms with E-state index in [0.29, 0.717) is 18.6 Å². The van der Waals surface area contributed by atoms with Gasteiger partial charge >= 0.3 is 11.9 Å². The number of pyridine rings is 2. The fourth-order valence-corrected chi connectivity index (χ4v) is 6.08. The second kappa shape index (κ2) is 15.8. The van der Waals surface area contributed by atoms with Crippen molar-refractivity contribution < 1.29 is 19.1 Å². The first kappa shape index (κ1) is 35.0. The van der Waals surface area contributed by atoms with Crippen LogP contribution in [0.5, 0.6) is 5.75 Å². The van der Waals surface area contributed by atoms with Crippen molar-refractivity contribution in [2.24, 2.45) is 5.41 Å². The lowest BCUT2D eigenvalue weighted by Gasteiger charge is -2.35. The summed E-state index contributed by atoms with van der Waals surface area (Å²) < 4.78 is 11.1. The van der Waals surface area contributed by atoms with E-state index in [0.717, 1.165) is 45.0 Å². The molecule has 0 atom stereocenters. The second-order valence-electron chi connectivity index (χ2n) is 13.1. The van der Waals surface area contributed by atoms with Gasteiger partial charge in [0.05, 0.1) is 34.8 Å². The Kier molecular flexibility index (Phi) is 10.8. The lowest BCUT2D eigenvalue weighted by Crippen LogP contribution is -2.33. The summed E-state index contributed by atoms with van der Waals surface area (Å²) in [5, 5.41) is 0. The molecule has 51 heavy (non-hydrogen) atoms. The number of nitrogens with zero attached hydrogens (tertiary/aromatic N) is 2. The number of ether oxygens (including phenoxy) is 2. The maximum Gasteiger partial charge on any atom is 0.311 e. The Morgan fingerprint density at radius 1 is 0.588 bits per heavy atom. The van der Waals surface area contributed by atoms with Crippen LogP contribution in [-0.2, 0) is 19.7 Å². The predicted molar refractivity (Wildman–Crippen MR) is 201 cm³/mol. The summed E-state index contributed by atoms with van der Waals surface area (Å²) in [6.45, 7) is 5.82. The number of rotatable bonds is 13. The molecule has 0 radical (unpaired) electrons. The Balaban J connectivity index is 1.39. The van der Waals surface area contributed by atoms with Gasteiger partial charge in [-0.1, -0.05) is 122 Å². The standard InChI is InChI=1S/C45H42N2O4/c1-4-44(2,3)43(49)50-32-16-27-42(48)51-37-30-28-36(29-31-37)45(35-21-12-7-13-22-35,40-25-14-23-38(46-40)33-17-8-5-9-18-33)41-26-15-24-39(47-41)34-19-10-6-11-20-34/h5-15,17-26,28-31H,4,16,27,32H2,1-3H3. The minimum Gasteiger partial charge on any atom is -0.465 e. The zero-order valence-corrected chi connectivity index (χ0v) is 29.3. The average molecular weight is 675 g/mol. The lowest BCUT2D eigenvalue weighted by molar-refractivity contribution is -0.154. The molecular weight excluding hydrogens is 633 g/mol. The first-order chi connectivity index (χ1) is 24.8. The summed E-state index contributed by atoms with van der Waals surface area (Å²) in [6, 6.07) is 50.4. The quantitative estimate of drug-likeness (QED) is 0.0690. The van der Waals surface area contributed by atoms with Crippen molar-refractivity contribution in [2.45, 2.75) is 45.4 Å². The predicted octanol–water partition coefficient (Wildman–Crippen LogP) is 9.86. The molecule has 256 valence electrons. The van der Waals surface area contributed by atoms with Gasteiger partial charge in [-0.25, -0.2) is 0 Å². The van der Waals surface area contributed by atoms with Crippen LogP contribution in [0.4, 0.5) is 0 Å². The minimum atomic E-state index is -0.935. The van der Waals surface area contributed by atoms with E-state index < -0.39 is 16.8 Å². The molecule has 0 amide bonds. The van der Waals surface area contributed by atoms with Gasteiger partial charge in [0.15, 0.2) is 0 Å². The molecule has 2 aromatic heterocycles. The molecule has 0 bridgehead atoms. The largest absolute Gasteiger partial charge is 0.465 e. The van der Waals surface area contributed by atoms with E-state index in [2.05, 4.69) is 48.5 Å². The minimum absolute atomic E-state index is 0.127. The third-order valence-electron chi connectivity index (χ3n) is 9.33. The van der Waals surface area contributed by atoms with Crippen LogP contribution in [0.2, 0.25) is 0 Å². The summed E-state index contributed by atoms with van der Waals surface area (Å²) in [4.78, 5) is 35.8. The van der Waals surface area contributed by atoms with Crippen LogP contribution in [-0.4, -0.2) is 28.5 Å². The summed E-state index contributed by atoms with van der Waals surface area (Å²) in [6.07, 6.45) is 1.19. The van der Waals surface area contributed by atoms with E-state index in [9.17, 15) is 9.59 Å². The van der Waals surface area contributed by atoms with Crippen molar-refractivity contribution in [3.05, 3.63) is 174 Å².